The summed E-state index contributed by atoms with van der Waals surface area (Å²) < 4.78 is 1.90. The maximum absolute atomic E-state index is 12.2. The SMILES string of the molecule is C=Cc1ccc(Cn2c(C(=O)[O-])c(CNC3CCCC3)c3ccc(C)cc32)cc1. The topological polar surface area (TPSA) is 57.1 Å². The van der Waals surface area contributed by atoms with E-state index in [1.165, 1.54) is 12.8 Å². The molecule has 1 heterocycles. The molecule has 0 amide bonds. The van der Waals surface area contributed by atoms with Crippen LogP contribution in [0.3, 0.4) is 0 Å². The number of carbonyl (C=O) groups is 1. The van der Waals surface area contributed by atoms with Crippen molar-refractivity contribution in [3.63, 3.8) is 0 Å². The van der Waals surface area contributed by atoms with Crippen molar-refractivity contribution < 1.29 is 9.90 Å². The quantitative estimate of drug-likeness (QED) is 0.666. The van der Waals surface area contributed by atoms with Gasteiger partial charge in [0, 0.05) is 35.6 Å². The molecule has 4 heteroatoms. The van der Waals surface area contributed by atoms with E-state index in [1.54, 1.807) is 6.08 Å². The van der Waals surface area contributed by atoms with Crippen LogP contribution in [-0.2, 0) is 13.1 Å². The monoisotopic (exact) mass is 387 g/mol. The van der Waals surface area contributed by atoms with Gasteiger partial charge in [0.15, 0.2) is 0 Å². The van der Waals surface area contributed by atoms with Gasteiger partial charge in [-0.05, 0) is 42.5 Å². The number of carboxylic acids is 1. The smallest absolute Gasteiger partial charge is 0.0884 e. The number of aromatic carboxylic acids is 1. The van der Waals surface area contributed by atoms with E-state index in [4.69, 9.17) is 0 Å². The van der Waals surface area contributed by atoms with E-state index in [0.29, 0.717) is 19.1 Å². The van der Waals surface area contributed by atoms with Gasteiger partial charge in [-0.25, -0.2) is 0 Å². The molecule has 1 aliphatic rings. The molecule has 0 aliphatic heterocycles. The highest BCUT2D eigenvalue weighted by Gasteiger charge is 2.20. The van der Waals surface area contributed by atoms with Gasteiger partial charge in [0.25, 0.3) is 0 Å². The van der Waals surface area contributed by atoms with Gasteiger partial charge < -0.3 is 19.8 Å². The lowest BCUT2D eigenvalue weighted by atomic mass is 10.1. The minimum Gasteiger partial charge on any atom is -0.543 e. The summed E-state index contributed by atoms with van der Waals surface area (Å²) in [6, 6.07) is 14.7. The first-order valence-corrected chi connectivity index (χ1v) is 10.3. The molecule has 1 saturated carbocycles. The van der Waals surface area contributed by atoms with Crippen LogP contribution in [0.15, 0.2) is 49.0 Å². The number of aromatic nitrogens is 1. The molecular formula is C25H27N2O2-. The summed E-state index contributed by atoms with van der Waals surface area (Å²) in [4.78, 5) is 12.2. The molecule has 0 radical (unpaired) electrons. The van der Waals surface area contributed by atoms with E-state index < -0.39 is 5.97 Å². The predicted octanol–water partition coefficient (Wildman–Crippen LogP) is 4.04. The van der Waals surface area contributed by atoms with Crippen molar-refractivity contribution in [2.24, 2.45) is 0 Å². The summed E-state index contributed by atoms with van der Waals surface area (Å²) in [5.74, 6) is -1.12. The lowest BCUT2D eigenvalue weighted by Gasteiger charge is -2.16. The second-order valence-electron chi connectivity index (χ2n) is 8.03. The van der Waals surface area contributed by atoms with Crippen LogP contribution in [0.4, 0.5) is 0 Å². The zero-order valence-corrected chi connectivity index (χ0v) is 16.9. The largest absolute Gasteiger partial charge is 0.543 e. The molecule has 1 aliphatic carbocycles. The molecule has 0 saturated heterocycles. The average Bonchev–Trinajstić information content (AvgIpc) is 3.33. The van der Waals surface area contributed by atoms with Crippen molar-refractivity contribution in [1.29, 1.82) is 0 Å². The molecule has 2 aromatic carbocycles. The van der Waals surface area contributed by atoms with Gasteiger partial charge in [0.1, 0.15) is 0 Å². The maximum atomic E-state index is 12.2. The summed E-state index contributed by atoms with van der Waals surface area (Å²) in [5.41, 5.74) is 5.26. The Morgan fingerprint density at radius 1 is 1.21 bits per heavy atom. The summed E-state index contributed by atoms with van der Waals surface area (Å²) in [7, 11) is 0. The lowest BCUT2D eigenvalue weighted by molar-refractivity contribution is -0.255. The number of aryl methyl sites for hydroxylation is 1. The minimum atomic E-state index is -1.12. The first-order chi connectivity index (χ1) is 14.1. The number of nitrogens with one attached hydrogen (secondary N) is 1. The number of nitrogens with zero attached hydrogens (tertiary/aromatic N) is 1. The van der Waals surface area contributed by atoms with Gasteiger partial charge in [-0.1, -0.05) is 61.9 Å². The van der Waals surface area contributed by atoms with Crippen LogP contribution < -0.4 is 10.4 Å². The van der Waals surface area contributed by atoms with Crippen LogP contribution in [0, 0.1) is 6.92 Å². The number of fused-ring (bicyclic) bond motifs is 1. The van der Waals surface area contributed by atoms with Crippen molar-refractivity contribution in [1.82, 2.24) is 9.88 Å². The highest BCUT2D eigenvalue weighted by molar-refractivity contribution is 5.97. The third-order valence-corrected chi connectivity index (χ3v) is 6.00. The van der Waals surface area contributed by atoms with E-state index in [9.17, 15) is 9.90 Å². The van der Waals surface area contributed by atoms with E-state index >= 15 is 0 Å². The number of benzene rings is 2. The van der Waals surface area contributed by atoms with Crippen LogP contribution in [0.1, 0.15) is 58.4 Å². The molecule has 1 fully saturated rings. The Balaban J connectivity index is 1.77. The van der Waals surface area contributed by atoms with E-state index in [2.05, 4.69) is 18.0 Å². The Bertz CT molecular complexity index is 1040. The second-order valence-corrected chi connectivity index (χ2v) is 8.03. The van der Waals surface area contributed by atoms with Gasteiger partial charge in [0.2, 0.25) is 0 Å². The van der Waals surface area contributed by atoms with Crippen LogP contribution in [0.25, 0.3) is 17.0 Å². The standard InChI is InChI=1S/C25H28N2O2/c1-3-18-9-11-19(12-10-18)16-27-23-14-17(2)8-13-21(23)22(24(27)25(28)29)15-26-20-6-4-5-7-20/h3,8-14,20,26H,1,4-7,15-16H2,2H3,(H,28,29)/p-1. The van der Waals surface area contributed by atoms with Gasteiger partial charge >= 0.3 is 0 Å². The molecule has 1 N–H and O–H groups in total. The number of carbonyl (C=O) groups excluding carboxylic acids is 1. The molecule has 4 nitrogen and oxygen atoms in total. The molecule has 0 spiro atoms. The first kappa shape index (κ1) is 19.5. The number of carboxylic acid groups (broad SMARTS) is 1. The molecule has 0 bridgehead atoms. The summed E-state index contributed by atoms with van der Waals surface area (Å²) in [6.45, 7) is 6.87. The number of hydrogen-bond acceptors (Lipinski definition) is 3. The van der Waals surface area contributed by atoms with Crippen molar-refractivity contribution in [3.8, 4) is 0 Å². The first-order valence-electron chi connectivity index (χ1n) is 10.3. The summed E-state index contributed by atoms with van der Waals surface area (Å²) in [5, 5.41) is 16.8. The molecule has 0 unspecified atom stereocenters. The van der Waals surface area contributed by atoms with E-state index in [1.807, 2.05) is 47.9 Å². The molecule has 150 valence electrons. The van der Waals surface area contributed by atoms with Crippen molar-refractivity contribution in [2.75, 3.05) is 0 Å². The van der Waals surface area contributed by atoms with Crippen molar-refractivity contribution in [3.05, 3.63) is 77.0 Å². The summed E-state index contributed by atoms with van der Waals surface area (Å²) >= 11 is 0. The lowest BCUT2D eigenvalue weighted by Crippen LogP contribution is -2.30. The van der Waals surface area contributed by atoms with Gasteiger partial charge in [-0.15, -0.1) is 0 Å². The zero-order valence-electron chi connectivity index (χ0n) is 16.9. The Morgan fingerprint density at radius 2 is 1.93 bits per heavy atom. The third kappa shape index (κ3) is 3.99. The Labute approximate surface area is 171 Å². The van der Waals surface area contributed by atoms with Crippen LogP contribution >= 0.6 is 0 Å². The van der Waals surface area contributed by atoms with Crippen molar-refractivity contribution >= 4 is 22.9 Å². The number of rotatable bonds is 7. The van der Waals surface area contributed by atoms with Gasteiger partial charge in [0.05, 0.1) is 11.7 Å². The average molecular weight is 388 g/mol. The van der Waals surface area contributed by atoms with Crippen LogP contribution in [-0.4, -0.2) is 16.6 Å². The third-order valence-electron chi connectivity index (χ3n) is 6.00. The maximum Gasteiger partial charge on any atom is 0.0884 e. The molecular weight excluding hydrogens is 360 g/mol. The fourth-order valence-electron chi connectivity index (χ4n) is 4.43. The minimum absolute atomic E-state index is 0.281. The van der Waals surface area contributed by atoms with Gasteiger partial charge in [-0.3, -0.25) is 0 Å². The normalized spacial score (nSPS) is 14.5. The highest BCUT2D eigenvalue weighted by atomic mass is 16.4. The van der Waals surface area contributed by atoms with Crippen LogP contribution in [0.5, 0.6) is 0 Å². The summed E-state index contributed by atoms with van der Waals surface area (Å²) in [6.07, 6.45) is 6.61. The second kappa shape index (κ2) is 8.26. The molecule has 1 aromatic heterocycles. The molecule has 29 heavy (non-hydrogen) atoms. The van der Waals surface area contributed by atoms with E-state index in [0.717, 1.165) is 46.0 Å². The van der Waals surface area contributed by atoms with E-state index in [-0.39, 0.29) is 5.69 Å². The highest BCUT2D eigenvalue weighted by Crippen LogP contribution is 2.29. The fraction of sp³-hybridized carbons (Fsp3) is 0.320. The Kier molecular flexibility index (Phi) is 5.54. The fourth-order valence-corrected chi connectivity index (χ4v) is 4.43. The van der Waals surface area contributed by atoms with Crippen LogP contribution in [0.2, 0.25) is 0 Å². The molecule has 3 aromatic rings. The molecule has 4 rings (SSSR count). The molecule has 0 atom stereocenters. The van der Waals surface area contributed by atoms with Crippen molar-refractivity contribution in [2.45, 2.75) is 51.7 Å². The predicted molar refractivity (Wildman–Crippen MR) is 116 cm³/mol. The zero-order chi connectivity index (χ0) is 20.4. The number of hydrogen-bond donors (Lipinski definition) is 1. The Hall–Kier alpha value is -2.85. The van der Waals surface area contributed by atoms with Gasteiger partial charge in [-0.2, -0.15) is 0 Å². The Morgan fingerprint density at radius 3 is 2.59 bits per heavy atom.